The molecule has 0 atom stereocenters. The molecular formula is C10H20O3S. The fourth-order valence-electron chi connectivity index (χ4n) is 1.69. The molecule has 0 amide bonds. The van der Waals surface area contributed by atoms with Crippen LogP contribution in [0.3, 0.4) is 0 Å². The molecule has 0 aromatic carbocycles. The van der Waals surface area contributed by atoms with Gasteiger partial charge in [-0.05, 0) is 12.8 Å². The Balaban J connectivity index is 2.32. The first-order valence-corrected chi connectivity index (χ1v) is 7.15. The summed E-state index contributed by atoms with van der Waals surface area (Å²) in [4.78, 5) is 0. The van der Waals surface area contributed by atoms with Crippen LogP contribution in [0.25, 0.3) is 0 Å². The quantitative estimate of drug-likeness (QED) is 0.589. The zero-order valence-electron chi connectivity index (χ0n) is 8.70. The fourth-order valence-corrected chi connectivity index (χ4v) is 2.73. The molecule has 0 aromatic rings. The zero-order valence-corrected chi connectivity index (χ0v) is 9.52. The molecule has 3 nitrogen and oxygen atoms in total. The second kappa shape index (κ2) is 6.40. The molecule has 0 N–H and O–H groups in total. The molecule has 1 heterocycles. The largest absolute Gasteiger partial charge is 0.270 e. The Morgan fingerprint density at radius 2 is 1.21 bits per heavy atom. The van der Waals surface area contributed by atoms with E-state index < -0.39 is 10.1 Å². The molecule has 1 aliphatic rings. The van der Waals surface area contributed by atoms with Gasteiger partial charge in [0.05, 0.1) is 12.4 Å². The van der Waals surface area contributed by atoms with E-state index in [1.165, 1.54) is 19.3 Å². The van der Waals surface area contributed by atoms with Crippen molar-refractivity contribution in [1.82, 2.24) is 0 Å². The third-order valence-electron chi connectivity index (χ3n) is 2.55. The second-order valence-electron chi connectivity index (χ2n) is 3.91. The first-order chi connectivity index (χ1) is 6.71. The Labute approximate surface area is 87.0 Å². The lowest BCUT2D eigenvalue weighted by Crippen LogP contribution is -2.11. The van der Waals surface area contributed by atoms with Gasteiger partial charge in [-0.2, -0.15) is 8.42 Å². The highest BCUT2D eigenvalue weighted by molar-refractivity contribution is 7.86. The molecule has 0 aromatic heterocycles. The fraction of sp³-hybridized carbons (Fsp3) is 1.00. The Morgan fingerprint density at radius 1 is 0.714 bits per heavy atom. The summed E-state index contributed by atoms with van der Waals surface area (Å²) >= 11 is 0. The molecule has 0 bridgehead atoms. The Kier molecular flexibility index (Phi) is 5.48. The predicted molar refractivity (Wildman–Crippen MR) is 56.7 cm³/mol. The lowest BCUT2D eigenvalue weighted by atomic mass is 10.1. The SMILES string of the molecule is O=S1(=O)CCCCCCCCCCO1. The van der Waals surface area contributed by atoms with E-state index in [2.05, 4.69) is 0 Å². The maximum absolute atomic E-state index is 11.3. The molecule has 1 aliphatic heterocycles. The third-order valence-corrected chi connectivity index (χ3v) is 3.87. The van der Waals surface area contributed by atoms with Gasteiger partial charge in [0.2, 0.25) is 0 Å². The first-order valence-electron chi connectivity index (χ1n) is 5.58. The maximum atomic E-state index is 11.3. The smallest absolute Gasteiger partial charge is 0.267 e. The summed E-state index contributed by atoms with van der Waals surface area (Å²) in [5.41, 5.74) is 0. The minimum absolute atomic E-state index is 0.201. The summed E-state index contributed by atoms with van der Waals surface area (Å²) in [6, 6.07) is 0. The molecule has 0 unspecified atom stereocenters. The molecule has 4 heteroatoms. The van der Waals surface area contributed by atoms with Crippen LogP contribution in [0, 0.1) is 0 Å². The van der Waals surface area contributed by atoms with Gasteiger partial charge in [0, 0.05) is 0 Å². The van der Waals surface area contributed by atoms with Crippen LogP contribution >= 0.6 is 0 Å². The Bertz CT molecular complexity index is 216. The lowest BCUT2D eigenvalue weighted by Gasteiger charge is -2.07. The molecule has 0 spiro atoms. The molecule has 0 aliphatic carbocycles. The lowest BCUT2D eigenvalue weighted by molar-refractivity contribution is 0.304. The van der Waals surface area contributed by atoms with E-state index in [-0.39, 0.29) is 5.75 Å². The van der Waals surface area contributed by atoms with Gasteiger partial charge in [-0.25, -0.2) is 0 Å². The minimum atomic E-state index is -3.21. The zero-order chi connectivity index (χ0) is 10.3. The Morgan fingerprint density at radius 3 is 1.86 bits per heavy atom. The minimum Gasteiger partial charge on any atom is -0.270 e. The van der Waals surface area contributed by atoms with Crippen LogP contribution in [0.2, 0.25) is 0 Å². The van der Waals surface area contributed by atoms with Gasteiger partial charge >= 0.3 is 0 Å². The predicted octanol–water partition coefficient (Wildman–Crippen LogP) is 2.47. The molecule has 1 saturated heterocycles. The molecule has 1 rings (SSSR count). The van der Waals surface area contributed by atoms with Crippen molar-refractivity contribution < 1.29 is 12.6 Å². The number of rotatable bonds is 0. The van der Waals surface area contributed by atoms with Gasteiger partial charge in [-0.1, -0.05) is 38.5 Å². The van der Waals surface area contributed by atoms with Crippen molar-refractivity contribution in [3.8, 4) is 0 Å². The highest BCUT2D eigenvalue weighted by Gasteiger charge is 2.10. The molecule has 84 valence electrons. The van der Waals surface area contributed by atoms with Crippen LogP contribution in [0.5, 0.6) is 0 Å². The van der Waals surface area contributed by atoms with Crippen LogP contribution in [0.4, 0.5) is 0 Å². The average Bonchev–Trinajstić information content (AvgIpc) is 2.11. The van der Waals surface area contributed by atoms with Crippen molar-refractivity contribution in [1.29, 1.82) is 0 Å². The molecule has 0 saturated carbocycles. The first kappa shape index (κ1) is 12.0. The summed E-state index contributed by atoms with van der Waals surface area (Å²) < 4.78 is 27.4. The summed E-state index contributed by atoms with van der Waals surface area (Å²) in [7, 11) is -3.21. The summed E-state index contributed by atoms with van der Waals surface area (Å²) in [5, 5.41) is 0. The molecule has 14 heavy (non-hydrogen) atoms. The highest BCUT2D eigenvalue weighted by Crippen LogP contribution is 2.12. The summed E-state index contributed by atoms with van der Waals surface area (Å²) in [6.45, 7) is 0.377. The number of hydrogen-bond acceptors (Lipinski definition) is 3. The summed E-state index contributed by atoms with van der Waals surface area (Å²) in [6.07, 6.45) is 8.65. The van der Waals surface area contributed by atoms with E-state index in [0.717, 1.165) is 32.1 Å². The van der Waals surface area contributed by atoms with Gasteiger partial charge in [-0.3, -0.25) is 4.18 Å². The van der Waals surface area contributed by atoms with Crippen LogP contribution in [-0.2, 0) is 14.3 Å². The van der Waals surface area contributed by atoms with Crippen LogP contribution in [-0.4, -0.2) is 20.8 Å². The van der Waals surface area contributed by atoms with Gasteiger partial charge in [0.15, 0.2) is 0 Å². The normalized spacial score (nSPS) is 26.0. The van der Waals surface area contributed by atoms with Crippen molar-refractivity contribution >= 4 is 10.1 Å². The van der Waals surface area contributed by atoms with E-state index in [1.54, 1.807) is 0 Å². The van der Waals surface area contributed by atoms with Crippen LogP contribution in [0.1, 0.15) is 51.4 Å². The maximum Gasteiger partial charge on any atom is 0.267 e. The van der Waals surface area contributed by atoms with E-state index >= 15 is 0 Å². The van der Waals surface area contributed by atoms with Gasteiger partial charge in [0.25, 0.3) is 10.1 Å². The van der Waals surface area contributed by atoms with Crippen molar-refractivity contribution in [2.24, 2.45) is 0 Å². The topological polar surface area (TPSA) is 43.4 Å². The Hall–Kier alpha value is -0.0900. The second-order valence-corrected chi connectivity index (χ2v) is 5.67. The summed E-state index contributed by atoms with van der Waals surface area (Å²) in [5.74, 6) is 0.201. The van der Waals surface area contributed by atoms with Crippen molar-refractivity contribution in [3.63, 3.8) is 0 Å². The van der Waals surface area contributed by atoms with Crippen molar-refractivity contribution in [2.75, 3.05) is 12.4 Å². The average molecular weight is 220 g/mol. The van der Waals surface area contributed by atoms with Gasteiger partial charge in [-0.15, -0.1) is 0 Å². The van der Waals surface area contributed by atoms with Crippen LogP contribution in [0.15, 0.2) is 0 Å². The standard InChI is InChI=1S/C10H20O3S/c11-14(12)10-8-6-4-2-1-3-5-7-9-13-14/h1-10H2. The third kappa shape index (κ3) is 5.60. The van der Waals surface area contributed by atoms with E-state index in [9.17, 15) is 8.42 Å². The van der Waals surface area contributed by atoms with E-state index in [0.29, 0.717) is 6.61 Å². The molecule has 1 fully saturated rings. The monoisotopic (exact) mass is 220 g/mol. The molecular weight excluding hydrogens is 200 g/mol. The van der Waals surface area contributed by atoms with E-state index in [1.807, 2.05) is 0 Å². The highest BCUT2D eigenvalue weighted by atomic mass is 32.2. The van der Waals surface area contributed by atoms with Gasteiger partial charge in [0.1, 0.15) is 0 Å². The van der Waals surface area contributed by atoms with Crippen molar-refractivity contribution in [2.45, 2.75) is 51.4 Å². The number of hydrogen-bond donors (Lipinski definition) is 0. The molecule has 0 radical (unpaired) electrons. The van der Waals surface area contributed by atoms with Crippen LogP contribution < -0.4 is 0 Å². The van der Waals surface area contributed by atoms with Gasteiger partial charge < -0.3 is 0 Å². The van der Waals surface area contributed by atoms with E-state index in [4.69, 9.17) is 4.18 Å². The van der Waals surface area contributed by atoms with Crippen molar-refractivity contribution in [3.05, 3.63) is 0 Å².